The van der Waals surface area contributed by atoms with Gasteiger partial charge in [-0.1, -0.05) is 11.1 Å². The summed E-state index contributed by atoms with van der Waals surface area (Å²) >= 11 is 1.41. The molecule has 0 bridgehead atoms. The highest BCUT2D eigenvalue weighted by Gasteiger charge is 2.26. The predicted octanol–water partition coefficient (Wildman–Crippen LogP) is 4.85. The number of nitrogens with zero attached hydrogens (tertiary/aromatic N) is 1. The van der Waals surface area contributed by atoms with E-state index in [2.05, 4.69) is 29.6 Å². The number of benzene rings is 1. The van der Waals surface area contributed by atoms with Crippen LogP contribution in [0.1, 0.15) is 39.0 Å². The van der Waals surface area contributed by atoms with Gasteiger partial charge in [-0.05, 0) is 50.2 Å². The first-order valence-electron chi connectivity index (χ1n) is 7.57. The minimum absolute atomic E-state index is 0.0249. The third-order valence-corrected chi connectivity index (χ3v) is 5.41. The molecule has 3 aromatic rings. The summed E-state index contributed by atoms with van der Waals surface area (Å²) in [6, 6.07) is 10.8. The zero-order valence-corrected chi connectivity index (χ0v) is 17.0. The zero-order chi connectivity index (χ0) is 18.2. The summed E-state index contributed by atoms with van der Waals surface area (Å²) < 4.78 is 5.51. The Bertz CT molecular complexity index is 972. The van der Waals surface area contributed by atoms with Crippen LogP contribution in [-0.2, 0) is 4.90 Å². The van der Waals surface area contributed by atoms with E-state index in [0.29, 0.717) is 10.4 Å². The fraction of sp³-hybridized carbons (Fsp3) is 0.158. The van der Waals surface area contributed by atoms with Crippen LogP contribution in [0.5, 0.6) is 0 Å². The van der Waals surface area contributed by atoms with Gasteiger partial charge in [0.05, 0.1) is 14.7 Å². The van der Waals surface area contributed by atoms with E-state index in [1.54, 1.807) is 24.3 Å². The molecule has 3 rings (SSSR count). The van der Waals surface area contributed by atoms with Gasteiger partial charge in [0.1, 0.15) is 5.69 Å². The Balaban J connectivity index is 1.91. The van der Waals surface area contributed by atoms with Gasteiger partial charge >= 0.3 is 0 Å². The summed E-state index contributed by atoms with van der Waals surface area (Å²) in [6.07, 6.45) is 5.35. The number of thiophene rings is 1. The Morgan fingerprint density at radius 3 is 2.48 bits per heavy atom. The smallest absolute Gasteiger partial charge is 0.202 e. The van der Waals surface area contributed by atoms with Gasteiger partial charge in [0.25, 0.3) is 0 Å². The highest BCUT2D eigenvalue weighted by Crippen LogP contribution is 2.43. The van der Waals surface area contributed by atoms with E-state index < -0.39 is 0 Å². The van der Waals surface area contributed by atoms with Crippen molar-refractivity contribution in [2.45, 2.75) is 18.7 Å². The summed E-state index contributed by atoms with van der Waals surface area (Å²) in [4.78, 5) is 13.9. The van der Waals surface area contributed by atoms with Gasteiger partial charge < -0.3 is 4.52 Å². The Morgan fingerprint density at radius 1 is 1.24 bits per heavy atom. The van der Waals surface area contributed by atoms with Crippen LogP contribution in [0.25, 0.3) is 10.6 Å². The fourth-order valence-corrected chi connectivity index (χ4v) is 4.06. The Labute approximate surface area is 155 Å². The molecule has 6 heteroatoms. The second-order valence-electron chi connectivity index (χ2n) is 5.98. The lowest BCUT2D eigenvalue weighted by Crippen LogP contribution is -2.01. The van der Waals surface area contributed by atoms with E-state index in [1.165, 1.54) is 11.3 Å². The van der Waals surface area contributed by atoms with Crippen molar-refractivity contribution in [2.75, 3.05) is 0 Å². The molecule has 0 fully saturated rings. The van der Waals surface area contributed by atoms with Gasteiger partial charge in [-0.2, -0.15) is 0 Å². The van der Waals surface area contributed by atoms with Crippen LogP contribution in [0, 0.1) is 19.3 Å². The quantitative estimate of drug-likeness (QED) is 0.366. The molecule has 0 amide bonds. The average Bonchev–Trinajstić information content (AvgIpc) is 3.20. The lowest BCUT2D eigenvalue weighted by atomic mass is 10.1. The van der Waals surface area contributed by atoms with Crippen LogP contribution in [0.4, 0.5) is 0 Å². The summed E-state index contributed by atoms with van der Waals surface area (Å²) in [7, 11) is 5.45. The monoisotopic (exact) mass is 385 g/mol. The van der Waals surface area contributed by atoms with Crippen molar-refractivity contribution in [3.63, 3.8) is 0 Å². The Morgan fingerprint density at radius 2 is 1.92 bits per heavy atom. The van der Waals surface area contributed by atoms with Crippen molar-refractivity contribution in [2.24, 2.45) is 0 Å². The van der Waals surface area contributed by atoms with Crippen molar-refractivity contribution < 1.29 is 9.32 Å². The van der Waals surface area contributed by atoms with E-state index in [0.717, 1.165) is 27.5 Å². The summed E-state index contributed by atoms with van der Waals surface area (Å²) in [5.41, 5.74) is 3.13. The molecule has 25 heavy (non-hydrogen) atoms. The van der Waals surface area contributed by atoms with Gasteiger partial charge in [-0.3, -0.25) is 4.79 Å². The first-order chi connectivity index (χ1) is 11.8. The molecule has 0 aliphatic rings. The molecule has 126 valence electrons. The maximum atomic E-state index is 12.6. The van der Waals surface area contributed by atoms with Crippen molar-refractivity contribution in [1.82, 2.24) is 5.16 Å². The zero-order valence-electron chi connectivity index (χ0n) is 13.9. The van der Waals surface area contributed by atoms with Crippen LogP contribution in [0.15, 0.2) is 40.9 Å². The highest BCUT2D eigenvalue weighted by atomic mass is 32.1. The Kier molecular flexibility index (Phi) is 4.94. The minimum Gasteiger partial charge on any atom is -0.359 e. The van der Waals surface area contributed by atoms with Crippen molar-refractivity contribution >= 4 is 35.6 Å². The van der Waals surface area contributed by atoms with Gasteiger partial charge in [0.2, 0.25) is 5.78 Å². The molecule has 0 N–H and O–H groups in total. The van der Waals surface area contributed by atoms with Crippen LogP contribution >= 0.6 is 29.8 Å². The van der Waals surface area contributed by atoms with Crippen LogP contribution in [-0.4, -0.2) is 10.9 Å². The minimum atomic E-state index is -0.274. The van der Waals surface area contributed by atoms with Gasteiger partial charge in [-0.25, -0.2) is 0 Å². The van der Waals surface area contributed by atoms with E-state index in [9.17, 15) is 4.79 Å². The molecule has 0 radical (unpaired) electrons. The van der Waals surface area contributed by atoms with Crippen LogP contribution < -0.4 is 0 Å². The third-order valence-electron chi connectivity index (χ3n) is 3.79. The number of hydrogen-bond acceptors (Lipinski definition) is 4. The summed E-state index contributed by atoms with van der Waals surface area (Å²) in [5.74, 6) is 3.32. The molecule has 2 heterocycles. The summed E-state index contributed by atoms with van der Waals surface area (Å²) in [5, 5.41) is 4.20. The number of carbonyl (C=O) groups is 1. The number of ketones is 1. The normalized spacial score (nSPS) is 11.3. The van der Waals surface area contributed by atoms with E-state index in [4.69, 9.17) is 10.9 Å². The molecule has 0 saturated heterocycles. The molecule has 0 aliphatic heterocycles. The second-order valence-corrected chi connectivity index (χ2v) is 10.1. The Hall–Kier alpha value is -1.78. The third kappa shape index (κ3) is 3.60. The first kappa shape index (κ1) is 18.0. The van der Waals surface area contributed by atoms with Crippen molar-refractivity contribution in [3.05, 3.63) is 63.7 Å². The maximum Gasteiger partial charge on any atom is 0.202 e. The van der Waals surface area contributed by atoms with Crippen LogP contribution in [0.2, 0.25) is 0 Å². The van der Waals surface area contributed by atoms with E-state index >= 15 is 0 Å². The van der Waals surface area contributed by atoms with Gasteiger partial charge in [0, 0.05) is 16.7 Å². The molecule has 0 aliphatic carbocycles. The average molecular weight is 385 g/mol. The van der Waals surface area contributed by atoms with Crippen LogP contribution in [0.3, 0.4) is 0 Å². The fourth-order valence-electron chi connectivity index (χ4n) is 2.52. The first-order valence-corrected chi connectivity index (χ1v) is 9.54. The number of carbonyl (C=O) groups excluding carboxylic acids is 1. The maximum absolute atomic E-state index is 12.6. The number of hydrogen-bond donors (Lipinski definition) is 0. The van der Waals surface area contributed by atoms with E-state index in [1.807, 2.05) is 26.0 Å². The van der Waals surface area contributed by atoms with Gasteiger partial charge in [-0.15, -0.1) is 36.2 Å². The highest BCUT2D eigenvalue weighted by molar-refractivity contribution is 7.38. The topological polar surface area (TPSA) is 43.1 Å². The molecule has 2 atom stereocenters. The van der Waals surface area contributed by atoms with Crippen molar-refractivity contribution in [3.8, 4) is 22.9 Å². The number of terminal acetylenes is 1. The van der Waals surface area contributed by atoms with Gasteiger partial charge in [0.15, 0.2) is 5.76 Å². The lowest BCUT2D eigenvalue weighted by Gasteiger charge is -2.14. The largest absolute Gasteiger partial charge is 0.359 e. The molecule has 2 aromatic heterocycles. The molecular formula is C19H17NO2P2S. The van der Waals surface area contributed by atoms with E-state index in [-0.39, 0.29) is 10.7 Å². The molecule has 0 saturated carbocycles. The second kappa shape index (κ2) is 6.85. The molecule has 0 spiro atoms. The van der Waals surface area contributed by atoms with Crippen molar-refractivity contribution in [1.29, 1.82) is 0 Å². The number of rotatable bonds is 4. The lowest BCUT2D eigenvalue weighted by molar-refractivity contribution is 0.104. The molecular weight excluding hydrogens is 368 g/mol. The molecule has 3 nitrogen and oxygen atoms in total. The molecule has 2 unspecified atom stereocenters. The number of aromatic nitrogens is 1. The predicted molar refractivity (Wildman–Crippen MR) is 109 cm³/mol. The SMILES string of the molecule is C#Cc1ccc(C(=O)c2ccc(-c3noc(C(C)(P)P)c3C)s2)cc1. The summed E-state index contributed by atoms with van der Waals surface area (Å²) in [6.45, 7) is 4.00. The standard InChI is InChI=1S/C19H17NO2P2S/c1-4-12-5-7-13(8-6-12)17(21)15-10-9-14(25-15)16-11(2)18(22-20-16)19(3,23)24/h1,5-10H,23-24H2,2-3H3. The molecule has 1 aromatic carbocycles.